The van der Waals surface area contributed by atoms with Crippen molar-refractivity contribution in [1.82, 2.24) is 9.97 Å². The van der Waals surface area contributed by atoms with Gasteiger partial charge in [-0.2, -0.15) is 5.26 Å². The highest BCUT2D eigenvalue weighted by Gasteiger charge is 2.11. The van der Waals surface area contributed by atoms with Crippen LogP contribution < -0.4 is 10.3 Å². The lowest BCUT2D eigenvalue weighted by Crippen LogP contribution is -2.12. The van der Waals surface area contributed by atoms with Gasteiger partial charge in [0.2, 0.25) is 0 Å². The standard InChI is InChI=1S/C19H15N3O2/c1-13-9-17(18(11-20)19(23)22-13)14-5-4-7-16(10-14)24-12-15-6-2-3-8-21-15/h2-10H,12H2,1H3,(H,22,23). The Kier molecular flexibility index (Phi) is 4.39. The van der Waals surface area contributed by atoms with E-state index >= 15 is 0 Å². The van der Waals surface area contributed by atoms with Gasteiger partial charge < -0.3 is 9.72 Å². The second-order valence-corrected chi connectivity index (χ2v) is 5.32. The summed E-state index contributed by atoms with van der Waals surface area (Å²) in [6.45, 7) is 2.14. The Bertz CT molecular complexity index is 956. The zero-order valence-electron chi connectivity index (χ0n) is 13.1. The molecule has 1 N–H and O–H groups in total. The van der Waals surface area contributed by atoms with Crippen molar-refractivity contribution < 1.29 is 4.74 Å². The van der Waals surface area contributed by atoms with Gasteiger partial charge in [0.15, 0.2) is 0 Å². The van der Waals surface area contributed by atoms with Crippen molar-refractivity contribution >= 4 is 0 Å². The second kappa shape index (κ2) is 6.80. The Morgan fingerprint density at radius 1 is 1.21 bits per heavy atom. The molecule has 1 aromatic carbocycles. The molecule has 0 saturated heterocycles. The molecule has 0 aliphatic rings. The summed E-state index contributed by atoms with van der Waals surface area (Å²) in [4.78, 5) is 18.8. The van der Waals surface area contributed by atoms with Crippen molar-refractivity contribution in [3.63, 3.8) is 0 Å². The Morgan fingerprint density at radius 2 is 2.08 bits per heavy atom. The average molecular weight is 317 g/mol. The zero-order valence-corrected chi connectivity index (χ0v) is 13.1. The number of aryl methyl sites for hydroxylation is 1. The van der Waals surface area contributed by atoms with Gasteiger partial charge in [-0.3, -0.25) is 9.78 Å². The van der Waals surface area contributed by atoms with Crippen molar-refractivity contribution in [2.45, 2.75) is 13.5 Å². The first kappa shape index (κ1) is 15.5. The van der Waals surface area contributed by atoms with E-state index < -0.39 is 0 Å². The number of aromatic nitrogens is 2. The minimum absolute atomic E-state index is 0.0995. The van der Waals surface area contributed by atoms with Crippen LogP contribution in [0.2, 0.25) is 0 Å². The molecular formula is C19H15N3O2. The molecule has 0 radical (unpaired) electrons. The van der Waals surface area contributed by atoms with Crippen molar-refractivity contribution in [3.8, 4) is 22.9 Å². The van der Waals surface area contributed by atoms with E-state index in [0.29, 0.717) is 23.6 Å². The Balaban J connectivity index is 1.92. The molecule has 5 heteroatoms. The highest BCUT2D eigenvalue weighted by molar-refractivity contribution is 5.71. The molecule has 3 rings (SSSR count). The summed E-state index contributed by atoms with van der Waals surface area (Å²) in [7, 11) is 0. The second-order valence-electron chi connectivity index (χ2n) is 5.32. The summed E-state index contributed by atoms with van der Waals surface area (Å²) in [5, 5.41) is 9.26. The maximum Gasteiger partial charge on any atom is 0.266 e. The highest BCUT2D eigenvalue weighted by atomic mass is 16.5. The molecule has 5 nitrogen and oxygen atoms in total. The monoisotopic (exact) mass is 317 g/mol. The van der Waals surface area contributed by atoms with Crippen LogP contribution >= 0.6 is 0 Å². The van der Waals surface area contributed by atoms with Crippen LogP contribution in [0.15, 0.2) is 59.5 Å². The van der Waals surface area contributed by atoms with E-state index in [1.807, 2.05) is 48.5 Å². The third-order valence-corrected chi connectivity index (χ3v) is 3.54. The number of hydrogen-bond donors (Lipinski definition) is 1. The molecular weight excluding hydrogens is 302 g/mol. The molecule has 0 aliphatic heterocycles. The smallest absolute Gasteiger partial charge is 0.266 e. The number of hydrogen-bond acceptors (Lipinski definition) is 4. The maximum absolute atomic E-state index is 11.9. The minimum Gasteiger partial charge on any atom is -0.487 e. The van der Waals surface area contributed by atoms with Crippen LogP contribution in [0.5, 0.6) is 5.75 Å². The molecule has 0 fully saturated rings. The van der Waals surface area contributed by atoms with Crippen LogP contribution in [0.4, 0.5) is 0 Å². The number of benzene rings is 1. The number of rotatable bonds is 4. The van der Waals surface area contributed by atoms with Crippen LogP contribution in [0.25, 0.3) is 11.1 Å². The fraction of sp³-hybridized carbons (Fsp3) is 0.105. The third kappa shape index (κ3) is 3.33. The summed E-state index contributed by atoms with van der Waals surface area (Å²) in [6.07, 6.45) is 1.72. The van der Waals surface area contributed by atoms with Gasteiger partial charge in [-0.1, -0.05) is 18.2 Å². The Labute approximate surface area is 139 Å². The van der Waals surface area contributed by atoms with Crippen LogP contribution in [0.3, 0.4) is 0 Å². The molecule has 2 heterocycles. The fourth-order valence-electron chi connectivity index (χ4n) is 2.42. The molecule has 0 spiro atoms. The molecule has 0 aliphatic carbocycles. The number of aromatic amines is 1. The minimum atomic E-state index is -0.382. The first-order valence-corrected chi connectivity index (χ1v) is 7.44. The number of nitrogens with zero attached hydrogens (tertiary/aromatic N) is 2. The van der Waals surface area contributed by atoms with Gasteiger partial charge in [0.1, 0.15) is 24.0 Å². The van der Waals surface area contributed by atoms with Gasteiger partial charge in [0, 0.05) is 17.5 Å². The van der Waals surface area contributed by atoms with Gasteiger partial charge in [-0.25, -0.2) is 0 Å². The first-order chi connectivity index (χ1) is 11.7. The predicted octanol–water partition coefficient (Wildman–Crippen LogP) is 3.20. The van der Waals surface area contributed by atoms with E-state index in [4.69, 9.17) is 4.74 Å². The molecule has 118 valence electrons. The van der Waals surface area contributed by atoms with Crippen molar-refractivity contribution in [2.75, 3.05) is 0 Å². The largest absolute Gasteiger partial charge is 0.487 e. The van der Waals surface area contributed by atoms with E-state index in [-0.39, 0.29) is 11.1 Å². The van der Waals surface area contributed by atoms with Crippen LogP contribution in [0, 0.1) is 18.3 Å². The number of nitriles is 1. The topological polar surface area (TPSA) is 78.8 Å². The van der Waals surface area contributed by atoms with Crippen LogP contribution in [-0.2, 0) is 6.61 Å². The zero-order chi connectivity index (χ0) is 16.9. The highest BCUT2D eigenvalue weighted by Crippen LogP contribution is 2.26. The first-order valence-electron chi connectivity index (χ1n) is 7.44. The lowest BCUT2D eigenvalue weighted by Gasteiger charge is -2.09. The van der Waals surface area contributed by atoms with E-state index in [1.165, 1.54) is 0 Å². The van der Waals surface area contributed by atoms with Gasteiger partial charge in [0.25, 0.3) is 5.56 Å². The summed E-state index contributed by atoms with van der Waals surface area (Å²) >= 11 is 0. The van der Waals surface area contributed by atoms with Gasteiger partial charge in [-0.15, -0.1) is 0 Å². The van der Waals surface area contributed by atoms with Crippen molar-refractivity contribution in [3.05, 3.63) is 82.0 Å². The molecule has 24 heavy (non-hydrogen) atoms. The summed E-state index contributed by atoms with van der Waals surface area (Å²) < 4.78 is 5.76. The van der Waals surface area contributed by atoms with Crippen molar-refractivity contribution in [1.29, 1.82) is 5.26 Å². The molecule has 2 aromatic heterocycles. The number of ether oxygens (including phenoxy) is 1. The number of nitrogens with one attached hydrogen (secondary N) is 1. The van der Waals surface area contributed by atoms with Gasteiger partial charge in [-0.05, 0) is 42.8 Å². The van der Waals surface area contributed by atoms with Crippen LogP contribution in [0.1, 0.15) is 17.0 Å². The van der Waals surface area contributed by atoms with E-state index in [2.05, 4.69) is 9.97 Å². The summed E-state index contributed by atoms with van der Waals surface area (Å²) in [6, 6.07) is 16.7. The molecule has 0 amide bonds. The van der Waals surface area contributed by atoms with Gasteiger partial charge >= 0.3 is 0 Å². The number of H-pyrrole nitrogens is 1. The normalized spacial score (nSPS) is 10.2. The molecule has 0 saturated carbocycles. The Morgan fingerprint density at radius 3 is 2.83 bits per heavy atom. The number of pyridine rings is 2. The quantitative estimate of drug-likeness (QED) is 0.801. The molecule has 0 unspecified atom stereocenters. The van der Waals surface area contributed by atoms with Crippen molar-refractivity contribution in [2.24, 2.45) is 0 Å². The van der Waals surface area contributed by atoms with Crippen LogP contribution in [-0.4, -0.2) is 9.97 Å². The summed E-state index contributed by atoms with van der Waals surface area (Å²) in [5.41, 5.74) is 2.61. The Hall–Kier alpha value is -3.39. The predicted molar refractivity (Wildman–Crippen MR) is 90.5 cm³/mol. The van der Waals surface area contributed by atoms with Gasteiger partial charge in [0.05, 0.1) is 5.69 Å². The fourth-order valence-corrected chi connectivity index (χ4v) is 2.42. The lowest BCUT2D eigenvalue weighted by atomic mass is 10.0. The maximum atomic E-state index is 11.9. The molecule has 0 bridgehead atoms. The van der Waals surface area contributed by atoms with E-state index in [9.17, 15) is 10.1 Å². The molecule has 3 aromatic rings. The average Bonchev–Trinajstić information content (AvgIpc) is 2.60. The molecule has 0 atom stereocenters. The lowest BCUT2D eigenvalue weighted by molar-refractivity contribution is 0.301. The SMILES string of the molecule is Cc1cc(-c2cccc(OCc3ccccn3)c2)c(C#N)c(=O)[nH]1. The van der Waals surface area contributed by atoms with E-state index in [1.54, 1.807) is 19.2 Å². The third-order valence-electron chi connectivity index (χ3n) is 3.54. The van der Waals surface area contributed by atoms with E-state index in [0.717, 1.165) is 11.3 Å². The summed E-state index contributed by atoms with van der Waals surface area (Å²) in [5.74, 6) is 0.653.